The minimum atomic E-state index is -3.84. The second-order valence-corrected chi connectivity index (χ2v) is 12.0. The third-order valence-corrected chi connectivity index (χ3v) is 9.17. The van der Waals surface area contributed by atoms with E-state index in [1.54, 1.807) is 23.9 Å². The van der Waals surface area contributed by atoms with E-state index in [0.29, 0.717) is 19.5 Å². The monoisotopic (exact) mass is 492 g/mol. The minimum absolute atomic E-state index is 0.00963. The molecule has 4 rings (SSSR count). The summed E-state index contributed by atoms with van der Waals surface area (Å²) in [5.74, 6) is 0.770. The number of rotatable bonds is 5. The van der Waals surface area contributed by atoms with Crippen LogP contribution in [-0.4, -0.2) is 44.6 Å². The molecular formula is C24H29FN2O4S2. The minimum Gasteiger partial charge on any atom is -0.495 e. The van der Waals surface area contributed by atoms with Crippen molar-refractivity contribution in [1.82, 2.24) is 9.62 Å². The van der Waals surface area contributed by atoms with Crippen LogP contribution >= 0.6 is 11.8 Å². The van der Waals surface area contributed by atoms with Gasteiger partial charge < -0.3 is 10.1 Å². The maximum absolute atomic E-state index is 13.8. The lowest BCUT2D eigenvalue weighted by atomic mass is 9.94. The number of piperidine rings is 1. The molecule has 1 N–H and O–H groups in total. The molecule has 9 heteroatoms. The van der Waals surface area contributed by atoms with Gasteiger partial charge in [-0.15, -0.1) is 11.8 Å². The number of benzene rings is 2. The fourth-order valence-corrected chi connectivity index (χ4v) is 7.68. The number of methoxy groups -OCH3 is 1. The van der Waals surface area contributed by atoms with Gasteiger partial charge in [0.05, 0.1) is 13.2 Å². The summed E-state index contributed by atoms with van der Waals surface area (Å²) in [5, 5.41) is 2.96. The molecule has 1 fully saturated rings. The number of halogens is 1. The summed E-state index contributed by atoms with van der Waals surface area (Å²) < 4.78 is 47.6. The van der Waals surface area contributed by atoms with Crippen LogP contribution in [0.3, 0.4) is 0 Å². The van der Waals surface area contributed by atoms with Gasteiger partial charge >= 0.3 is 0 Å². The zero-order valence-electron chi connectivity index (χ0n) is 19.0. The van der Waals surface area contributed by atoms with Crippen LogP contribution in [0.4, 0.5) is 4.39 Å². The van der Waals surface area contributed by atoms with E-state index in [4.69, 9.17) is 4.74 Å². The standard InChI is InChI=1S/C24H29FN2O4S2/c1-15-10-16(2)14-27(13-15)33(29,30)23-11-17(4-6-21(23)31-3)24(28)26-20-8-9-32-22-7-5-18(25)12-19(20)22/h4-7,11-12,15-16,20H,8-10,13-14H2,1-3H3,(H,26,28)/t15-,16+,20-/m1/s1. The third kappa shape index (κ3) is 5.05. The van der Waals surface area contributed by atoms with E-state index in [2.05, 4.69) is 5.32 Å². The summed E-state index contributed by atoms with van der Waals surface area (Å²) in [5.41, 5.74) is 0.973. The van der Waals surface area contributed by atoms with Gasteiger partial charge in [0.1, 0.15) is 16.5 Å². The van der Waals surface area contributed by atoms with Crippen LogP contribution < -0.4 is 10.1 Å². The van der Waals surface area contributed by atoms with Gasteiger partial charge in [-0.2, -0.15) is 4.31 Å². The van der Waals surface area contributed by atoms with Crippen LogP contribution in [0.15, 0.2) is 46.2 Å². The Morgan fingerprint density at radius 2 is 1.88 bits per heavy atom. The van der Waals surface area contributed by atoms with E-state index in [1.165, 1.54) is 35.7 Å². The molecule has 0 spiro atoms. The molecule has 2 aromatic carbocycles. The molecule has 33 heavy (non-hydrogen) atoms. The van der Waals surface area contributed by atoms with Gasteiger partial charge in [-0.3, -0.25) is 4.79 Å². The molecule has 3 atom stereocenters. The molecule has 2 heterocycles. The Labute approximate surface area is 198 Å². The molecule has 2 aliphatic rings. The number of carbonyl (C=O) groups is 1. The van der Waals surface area contributed by atoms with Crippen molar-refractivity contribution < 1.29 is 22.3 Å². The van der Waals surface area contributed by atoms with E-state index >= 15 is 0 Å². The number of nitrogens with one attached hydrogen (secondary N) is 1. The Hall–Kier alpha value is -2.10. The van der Waals surface area contributed by atoms with Crippen molar-refractivity contribution in [2.24, 2.45) is 11.8 Å². The zero-order valence-corrected chi connectivity index (χ0v) is 20.6. The number of hydrogen-bond donors (Lipinski definition) is 1. The Morgan fingerprint density at radius 1 is 1.15 bits per heavy atom. The Balaban J connectivity index is 1.62. The molecule has 1 amide bonds. The van der Waals surface area contributed by atoms with Crippen molar-refractivity contribution in [2.45, 2.75) is 42.5 Å². The average Bonchev–Trinajstić information content (AvgIpc) is 2.78. The van der Waals surface area contributed by atoms with Gasteiger partial charge in [-0.1, -0.05) is 13.8 Å². The first-order valence-electron chi connectivity index (χ1n) is 11.1. The van der Waals surface area contributed by atoms with Crippen molar-refractivity contribution in [2.75, 3.05) is 26.0 Å². The second-order valence-electron chi connectivity index (χ2n) is 8.98. The second kappa shape index (κ2) is 9.64. The summed E-state index contributed by atoms with van der Waals surface area (Å²) in [6, 6.07) is 8.72. The molecule has 0 aliphatic carbocycles. The number of nitrogens with zero attached hydrogens (tertiary/aromatic N) is 1. The van der Waals surface area contributed by atoms with Gasteiger partial charge in [0.15, 0.2) is 0 Å². The number of amides is 1. The zero-order chi connectivity index (χ0) is 23.8. The lowest BCUT2D eigenvalue weighted by molar-refractivity contribution is 0.0934. The Kier molecular flexibility index (Phi) is 7.02. The van der Waals surface area contributed by atoms with Gasteiger partial charge in [-0.25, -0.2) is 12.8 Å². The van der Waals surface area contributed by atoms with E-state index in [0.717, 1.165) is 22.6 Å². The highest BCUT2D eigenvalue weighted by Crippen LogP contribution is 2.37. The lowest BCUT2D eigenvalue weighted by Gasteiger charge is -2.34. The van der Waals surface area contributed by atoms with Crippen molar-refractivity contribution in [3.8, 4) is 5.75 Å². The highest BCUT2D eigenvalue weighted by molar-refractivity contribution is 7.99. The Bertz CT molecular complexity index is 1150. The van der Waals surface area contributed by atoms with E-state index < -0.39 is 15.9 Å². The first kappa shape index (κ1) is 24.0. The SMILES string of the molecule is COc1ccc(C(=O)N[C@@H]2CCSc3ccc(F)cc32)cc1S(=O)(=O)N1C[C@H](C)C[C@H](C)C1. The van der Waals surface area contributed by atoms with Crippen molar-refractivity contribution >= 4 is 27.7 Å². The average molecular weight is 493 g/mol. The molecule has 6 nitrogen and oxygen atoms in total. The summed E-state index contributed by atoms with van der Waals surface area (Å²) in [7, 11) is -2.42. The molecule has 178 valence electrons. The number of sulfonamides is 1. The van der Waals surface area contributed by atoms with Crippen molar-refractivity contribution in [1.29, 1.82) is 0 Å². The maximum Gasteiger partial charge on any atom is 0.251 e. The summed E-state index contributed by atoms with van der Waals surface area (Å²) in [4.78, 5) is 14.0. The predicted octanol–water partition coefficient (Wildman–Crippen LogP) is 4.47. The number of hydrogen-bond acceptors (Lipinski definition) is 5. The van der Waals surface area contributed by atoms with Crippen LogP contribution in [0.5, 0.6) is 5.75 Å². The summed E-state index contributed by atoms with van der Waals surface area (Å²) >= 11 is 1.63. The molecule has 0 bridgehead atoms. The first-order chi connectivity index (χ1) is 15.7. The highest BCUT2D eigenvalue weighted by atomic mass is 32.2. The van der Waals surface area contributed by atoms with Crippen LogP contribution in [0.1, 0.15) is 48.7 Å². The van der Waals surface area contributed by atoms with Crippen molar-refractivity contribution in [3.05, 3.63) is 53.3 Å². The molecule has 0 aromatic heterocycles. The largest absolute Gasteiger partial charge is 0.495 e. The molecule has 0 radical (unpaired) electrons. The summed E-state index contributed by atoms with van der Waals surface area (Å²) in [6.45, 7) is 4.97. The van der Waals surface area contributed by atoms with Gasteiger partial charge in [0.2, 0.25) is 10.0 Å². The predicted molar refractivity (Wildman–Crippen MR) is 127 cm³/mol. The molecular weight excluding hydrogens is 463 g/mol. The van der Waals surface area contributed by atoms with Crippen LogP contribution in [0.25, 0.3) is 0 Å². The van der Waals surface area contributed by atoms with Crippen LogP contribution in [0, 0.1) is 17.7 Å². The molecule has 2 aromatic rings. The highest BCUT2D eigenvalue weighted by Gasteiger charge is 2.34. The topological polar surface area (TPSA) is 75.7 Å². The first-order valence-corrected chi connectivity index (χ1v) is 13.5. The quantitative estimate of drug-likeness (QED) is 0.667. The smallest absolute Gasteiger partial charge is 0.251 e. The van der Waals surface area contributed by atoms with E-state index in [1.807, 2.05) is 13.8 Å². The number of carbonyl (C=O) groups excluding carboxylic acids is 1. The fraction of sp³-hybridized carbons (Fsp3) is 0.458. The molecule has 2 aliphatic heterocycles. The Morgan fingerprint density at radius 3 is 2.58 bits per heavy atom. The number of fused-ring (bicyclic) bond motifs is 1. The van der Waals surface area contributed by atoms with Gasteiger partial charge in [-0.05, 0) is 66.6 Å². The fourth-order valence-electron chi connectivity index (χ4n) is 4.72. The van der Waals surface area contributed by atoms with Gasteiger partial charge in [0, 0.05) is 29.3 Å². The van der Waals surface area contributed by atoms with Crippen LogP contribution in [-0.2, 0) is 10.0 Å². The van der Waals surface area contributed by atoms with E-state index in [9.17, 15) is 17.6 Å². The normalized spacial score (nSPS) is 23.6. The maximum atomic E-state index is 13.8. The molecule has 0 saturated carbocycles. The molecule has 0 unspecified atom stereocenters. The third-order valence-electron chi connectivity index (χ3n) is 6.20. The molecule has 1 saturated heterocycles. The number of thioether (sulfide) groups is 1. The van der Waals surface area contributed by atoms with Crippen LogP contribution in [0.2, 0.25) is 0 Å². The van der Waals surface area contributed by atoms with Gasteiger partial charge in [0.25, 0.3) is 5.91 Å². The van der Waals surface area contributed by atoms with E-state index in [-0.39, 0.29) is 39.9 Å². The summed E-state index contributed by atoms with van der Waals surface area (Å²) in [6.07, 6.45) is 1.64. The lowest BCUT2D eigenvalue weighted by Crippen LogP contribution is -2.42. The number of ether oxygens (including phenoxy) is 1. The van der Waals surface area contributed by atoms with Crippen molar-refractivity contribution in [3.63, 3.8) is 0 Å².